The van der Waals surface area contributed by atoms with Gasteiger partial charge in [0.2, 0.25) is 0 Å². The summed E-state index contributed by atoms with van der Waals surface area (Å²) in [6, 6.07) is 4.18. The number of rotatable bonds is 3. The molecule has 0 radical (unpaired) electrons. The molecule has 3 N–H and O–H groups in total. The standard InChI is InChI=1S/C11H14BrNO3/c1-11(2,6-12)13-10(16)9-7(14)4-3-5-8(9)15/h3-5,14-15H,6H2,1-2H3,(H,13,16). The molecule has 0 aliphatic carbocycles. The summed E-state index contributed by atoms with van der Waals surface area (Å²) >= 11 is 3.27. The first-order valence-electron chi connectivity index (χ1n) is 4.77. The van der Waals surface area contributed by atoms with E-state index in [1.54, 1.807) is 0 Å². The number of carbonyl (C=O) groups is 1. The Hall–Kier alpha value is -1.23. The van der Waals surface area contributed by atoms with Crippen LogP contribution in [0.5, 0.6) is 11.5 Å². The maximum Gasteiger partial charge on any atom is 0.259 e. The van der Waals surface area contributed by atoms with Gasteiger partial charge in [0.25, 0.3) is 5.91 Å². The Balaban J connectivity index is 2.98. The van der Waals surface area contributed by atoms with E-state index in [1.165, 1.54) is 18.2 Å². The number of hydrogen-bond donors (Lipinski definition) is 3. The summed E-state index contributed by atoms with van der Waals surface area (Å²) < 4.78 is 0. The van der Waals surface area contributed by atoms with E-state index in [-0.39, 0.29) is 17.1 Å². The molecule has 5 heteroatoms. The molecule has 0 aliphatic heterocycles. The van der Waals surface area contributed by atoms with Gasteiger partial charge in [0.1, 0.15) is 17.1 Å². The molecule has 0 saturated carbocycles. The van der Waals surface area contributed by atoms with Gasteiger partial charge in [-0.1, -0.05) is 22.0 Å². The van der Waals surface area contributed by atoms with Crippen molar-refractivity contribution in [1.29, 1.82) is 0 Å². The lowest BCUT2D eigenvalue weighted by Crippen LogP contribution is -2.44. The normalized spacial score (nSPS) is 11.2. The van der Waals surface area contributed by atoms with E-state index in [0.717, 1.165) is 0 Å². The fourth-order valence-corrected chi connectivity index (χ4v) is 1.30. The Bertz CT molecular complexity index is 384. The second-order valence-electron chi connectivity index (χ2n) is 4.14. The van der Waals surface area contributed by atoms with Gasteiger partial charge in [-0.2, -0.15) is 0 Å². The number of nitrogens with one attached hydrogen (secondary N) is 1. The molecule has 16 heavy (non-hydrogen) atoms. The molecular weight excluding hydrogens is 274 g/mol. The summed E-state index contributed by atoms with van der Waals surface area (Å²) in [5.74, 6) is -0.967. The third kappa shape index (κ3) is 2.88. The summed E-state index contributed by atoms with van der Waals surface area (Å²) in [4.78, 5) is 11.8. The minimum Gasteiger partial charge on any atom is -0.507 e. The first kappa shape index (κ1) is 12.8. The first-order chi connectivity index (χ1) is 7.37. The van der Waals surface area contributed by atoms with E-state index in [4.69, 9.17) is 0 Å². The van der Waals surface area contributed by atoms with Crippen LogP contribution in [0.4, 0.5) is 0 Å². The molecule has 4 nitrogen and oxygen atoms in total. The van der Waals surface area contributed by atoms with Crippen molar-refractivity contribution >= 4 is 21.8 Å². The van der Waals surface area contributed by atoms with E-state index < -0.39 is 11.4 Å². The molecular formula is C11H14BrNO3. The average Bonchev–Trinajstić information content (AvgIpc) is 2.16. The number of phenolic OH excluding ortho intramolecular Hbond substituents is 2. The van der Waals surface area contributed by atoms with Crippen molar-refractivity contribution < 1.29 is 15.0 Å². The fourth-order valence-electron chi connectivity index (χ4n) is 1.16. The smallest absolute Gasteiger partial charge is 0.259 e. The Morgan fingerprint density at radius 2 is 1.88 bits per heavy atom. The zero-order valence-corrected chi connectivity index (χ0v) is 10.7. The lowest BCUT2D eigenvalue weighted by molar-refractivity contribution is 0.0916. The number of benzene rings is 1. The number of hydrogen-bond acceptors (Lipinski definition) is 3. The molecule has 0 aromatic heterocycles. The molecule has 0 unspecified atom stereocenters. The highest BCUT2D eigenvalue weighted by atomic mass is 79.9. The van der Waals surface area contributed by atoms with Crippen molar-refractivity contribution in [3.8, 4) is 11.5 Å². The van der Waals surface area contributed by atoms with Crippen molar-refractivity contribution in [2.45, 2.75) is 19.4 Å². The van der Waals surface area contributed by atoms with Crippen molar-refractivity contribution in [3.63, 3.8) is 0 Å². The maximum atomic E-state index is 11.8. The van der Waals surface area contributed by atoms with Crippen LogP contribution in [-0.4, -0.2) is 27.0 Å². The number of carbonyl (C=O) groups excluding carboxylic acids is 1. The van der Waals surface area contributed by atoms with Crippen molar-refractivity contribution in [2.24, 2.45) is 0 Å². The lowest BCUT2D eigenvalue weighted by Gasteiger charge is -2.23. The second kappa shape index (κ2) is 4.74. The molecule has 1 aromatic carbocycles. The van der Waals surface area contributed by atoms with Gasteiger partial charge in [0, 0.05) is 10.9 Å². The monoisotopic (exact) mass is 287 g/mol. The number of alkyl halides is 1. The molecule has 0 aliphatic rings. The largest absolute Gasteiger partial charge is 0.507 e. The highest BCUT2D eigenvalue weighted by Gasteiger charge is 2.23. The minimum absolute atomic E-state index is 0.100. The van der Waals surface area contributed by atoms with Crippen molar-refractivity contribution in [3.05, 3.63) is 23.8 Å². The van der Waals surface area contributed by atoms with Gasteiger partial charge in [-0.25, -0.2) is 0 Å². The number of phenols is 2. The van der Waals surface area contributed by atoms with Crippen LogP contribution in [0.25, 0.3) is 0 Å². The molecule has 0 spiro atoms. The maximum absolute atomic E-state index is 11.8. The molecule has 1 amide bonds. The van der Waals surface area contributed by atoms with Crippen LogP contribution in [0.15, 0.2) is 18.2 Å². The molecule has 1 rings (SSSR count). The van der Waals surface area contributed by atoms with Gasteiger partial charge in [-0.15, -0.1) is 0 Å². The molecule has 1 aromatic rings. The lowest BCUT2D eigenvalue weighted by atomic mass is 10.1. The Morgan fingerprint density at radius 1 is 1.38 bits per heavy atom. The molecule has 0 saturated heterocycles. The Labute approximate surface area is 102 Å². The van der Waals surface area contributed by atoms with Gasteiger partial charge < -0.3 is 15.5 Å². The number of aromatic hydroxyl groups is 2. The topological polar surface area (TPSA) is 69.6 Å². The first-order valence-corrected chi connectivity index (χ1v) is 5.89. The van der Waals surface area contributed by atoms with Crippen molar-refractivity contribution in [1.82, 2.24) is 5.32 Å². The van der Waals surface area contributed by atoms with E-state index in [0.29, 0.717) is 5.33 Å². The third-order valence-corrected chi connectivity index (χ3v) is 3.44. The quantitative estimate of drug-likeness (QED) is 0.745. The predicted octanol–water partition coefficient (Wildman–Crippen LogP) is 2.00. The second-order valence-corrected chi connectivity index (χ2v) is 4.70. The SMILES string of the molecule is CC(C)(CBr)NC(=O)c1c(O)cccc1O. The summed E-state index contributed by atoms with van der Waals surface area (Å²) in [6.07, 6.45) is 0. The zero-order valence-electron chi connectivity index (χ0n) is 9.12. The Morgan fingerprint density at radius 3 is 2.31 bits per heavy atom. The fraction of sp³-hybridized carbons (Fsp3) is 0.364. The van der Waals surface area contributed by atoms with Crippen LogP contribution in [-0.2, 0) is 0 Å². The average molecular weight is 288 g/mol. The summed E-state index contributed by atoms with van der Waals surface area (Å²) in [7, 11) is 0. The summed E-state index contributed by atoms with van der Waals surface area (Å²) in [5.41, 5.74) is -0.553. The van der Waals surface area contributed by atoms with Crippen LogP contribution in [0.2, 0.25) is 0 Å². The molecule has 0 heterocycles. The molecule has 88 valence electrons. The van der Waals surface area contributed by atoms with E-state index >= 15 is 0 Å². The van der Waals surface area contributed by atoms with Gasteiger partial charge in [-0.3, -0.25) is 4.79 Å². The predicted molar refractivity (Wildman–Crippen MR) is 65.1 cm³/mol. The molecule has 0 fully saturated rings. The van der Waals surface area contributed by atoms with Crippen LogP contribution >= 0.6 is 15.9 Å². The van der Waals surface area contributed by atoms with Gasteiger partial charge >= 0.3 is 0 Å². The molecule has 0 atom stereocenters. The van der Waals surface area contributed by atoms with Crippen LogP contribution in [0.1, 0.15) is 24.2 Å². The minimum atomic E-state index is -0.500. The van der Waals surface area contributed by atoms with Gasteiger partial charge in [0.15, 0.2) is 0 Å². The van der Waals surface area contributed by atoms with Crippen LogP contribution in [0.3, 0.4) is 0 Å². The summed E-state index contributed by atoms with van der Waals surface area (Å²) in [5, 5.41) is 22.3. The van der Waals surface area contributed by atoms with Gasteiger partial charge in [-0.05, 0) is 26.0 Å². The third-order valence-electron chi connectivity index (χ3n) is 2.03. The number of amides is 1. The number of halogens is 1. The van der Waals surface area contributed by atoms with Crippen LogP contribution < -0.4 is 5.32 Å². The Kier molecular flexibility index (Phi) is 3.80. The van der Waals surface area contributed by atoms with Crippen molar-refractivity contribution in [2.75, 3.05) is 5.33 Å². The molecule has 0 bridgehead atoms. The van der Waals surface area contributed by atoms with E-state index in [1.807, 2.05) is 13.8 Å². The van der Waals surface area contributed by atoms with E-state index in [9.17, 15) is 15.0 Å². The summed E-state index contributed by atoms with van der Waals surface area (Å²) in [6.45, 7) is 3.66. The zero-order chi connectivity index (χ0) is 12.3. The highest BCUT2D eigenvalue weighted by Crippen LogP contribution is 2.26. The highest BCUT2D eigenvalue weighted by molar-refractivity contribution is 9.09. The van der Waals surface area contributed by atoms with Gasteiger partial charge in [0.05, 0.1) is 0 Å². The van der Waals surface area contributed by atoms with E-state index in [2.05, 4.69) is 21.2 Å². The van der Waals surface area contributed by atoms with Crippen LogP contribution in [0, 0.1) is 0 Å².